The second-order valence-electron chi connectivity index (χ2n) is 3.23. The third kappa shape index (κ3) is 2.96. The van der Waals surface area contributed by atoms with Gasteiger partial charge in [0.25, 0.3) is 0 Å². The van der Waals surface area contributed by atoms with Crippen LogP contribution in [-0.4, -0.2) is 21.0 Å². The average molecular weight is 330 g/mol. The molecule has 2 rings (SSSR count). The monoisotopic (exact) mass is 328 g/mol. The molecule has 0 aliphatic carbocycles. The highest BCUT2D eigenvalue weighted by Crippen LogP contribution is 2.26. The normalized spacial score (nSPS) is 10.1. The van der Waals surface area contributed by atoms with Gasteiger partial charge in [-0.2, -0.15) is 0 Å². The van der Waals surface area contributed by atoms with Crippen LogP contribution in [0.2, 0.25) is 5.02 Å². The Morgan fingerprint density at radius 2 is 2.00 bits per heavy atom. The van der Waals surface area contributed by atoms with Crippen LogP contribution in [0.1, 0.15) is 10.4 Å². The summed E-state index contributed by atoms with van der Waals surface area (Å²) in [5, 5.41) is 9.42. The lowest BCUT2D eigenvalue weighted by Crippen LogP contribution is -2.01. The summed E-state index contributed by atoms with van der Waals surface area (Å²) >= 11 is 8.83. The minimum atomic E-state index is -1.10. The number of carboxylic acids is 1. The van der Waals surface area contributed by atoms with E-state index < -0.39 is 5.97 Å². The Bertz CT molecular complexity index is 589. The molecule has 0 saturated carbocycles. The van der Waals surface area contributed by atoms with E-state index in [0.29, 0.717) is 9.50 Å². The van der Waals surface area contributed by atoms with E-state index in [1.807, 2.05) is 0 Å². The first-order valence-corrected chi connectivity index (χ1v) is 5.91. The number of ether oxygens (including phenoxy) is 1. The van der Waals surface area contributed by atoms with Crippen LogP contribution in [-0.2, 0) is 0 Å². The van der Waals surface area contributed by atoms with Crippen molar-refractivity contribution in [1.82, 2.24) is 9.97 Å². The van der Waals surface area contributed by atoms with E-state index in [0.717, 1.165) is 0 Å². The molecule has 92 valence electrons. The number of hydrogen-bond donors (Lipinski definition) is 1. The Balaban J connectivity index is 2.34. The molecule has 0 atom stereocenters. The lowest BCUT2D eigenvalue weighted by molar-refractivity contribution is 0.0694. The van der Waals surface area contributed by atoms with Crippen LogP contribution < -0.4 is 4.74 Å². The van der Waals surface area contributed by atoms with Crippen molar-refractivity contribution in [1.29, 1.82) is 0 Å². The van der Waals surface area contributed by atoms with Crippen molar-refractivity contribution in [3.05, 3.63) is 45.7 Å². The molecule has 0 aliphatic rings. The molecule has 0 fully saturated rings. The summed E-state index contributed by atoms with van der Waals surface area (Å²) in [6.45, 7) is 0. The van der Waals surface area contributed by atoms with Crippen molar-refractivity contribution in [2.45, 2.75) is 0 Å². The van der Waals surface area contributed by atoms with Crippen LogP contribution in [0.3, 0.4) is 0 Å². The van der Waals surface area contributed by atoms with Crippen molar-refractivity contribution < 1.29 is 14.6 Å². The molecule has 0 bridgehead atoms. The zero-order valence-electron chi connectivity index (χ0n) is 8.80. The first-order chi connectivity index (χ1) is 8.56. The first kappa shape index (κ1) is 12.8. The predicted octanol–water partition coefficient (Wildman–Crippen LogP) is 3.38. The summed E-state index contributed by atoms with van der Waals surface area (Å²) < 4.78 is 5.94. The summed E-state index contributed by atoms with van der Waals surface area (Å²) in [4.78, 5) is 18.7. The standard InChI is InChI=1S/C11H6BrClN2O3/c12-6-1-2-9(8(3-6)10(16)17)18-11-14-4-7(13)5-15-11/h1-5H,(H,16,17). The fourth-order valence-corrected chi connectivity index (χ4v) is 1.67. The number of rotatable bonds is 3. The van der Waals surface area contributed by atoms with E-state index in [1.54, 1.807) is 6.07 Å². The second-order valence-corrected chi connectivity index (χ2v) is 4.58. The highest BCUT2D eigenvalue weighted by molar-refractivity contribution is 9.10. The second kappa shape index (κ2) is 5.32. The zero-order valence-corrected chi connectivity index (χ0v) is 11.1. The number of hydrogen-bond acceptors (Lipinski definition) is 4. The van der Waals surface area contributed by atoms with E-state index in [-0.39, 0.29) is 17.3 Å². The van der Waals surface area contributed by atoms with Crippen LogP contribution in [0.15, 0.2) is 35.1 Å². The van der Waals surface area contributed by atoms with Crippen molar-refractivity contribution in [3.63, 3.8) is 0 Å². The van der Waals surface area contributed by atoms with Crippen molar-refractivity contribution >= 4 is 33.5 Å². The molecule has 1 heterocycles. The molecular formula is C11H6BrClN2O3. The van der Waals surface area contributed by atoms with Crippen molar-refractivity contribution in [2.75, 3.05) is 0 Å². The summed E-state index contributed by atoms with van der Waals surface area (Å²) in [7, 11) is 0. The van der Waals surface area contributed by atoms with Gasteiger partial charge in [-0.25, -0.2) is 14.8 Å². The van der Waals surface area contributed by atoms with Crippen LogP contribution in [0.4, 0.5) is 0 Å². The van der Waals surface area contributed by atoms with Crippen molar-refractivity contribution in [3.8, 4) is 11.8 Å². The van der Waals surface area contributed by atoms with Gasteiger partial charge in [0.2, 0.25) is 0 Å². The molecule has 0 saturated heterocycles. The number of nitrogens with zero attached hydrogens (tertiary/aromatic N) is 2. The van der Waals surface area contributed by atoms with Gasteiger partial charge in [-0.1, -0.05) is 27.5 Å². The molecule has 0 spiro atoms. The first-order valence-electron chi connectivity index (χ1n) is 4.74. The number of halogens is 2. The summed E-state index contributed by atoms with van der Waals surface area (Å²) in [5.41, 5.74) is 0.0166. The third-order valence-corrected chi connectivity index (χ3v) is 2.66. The van der Waals surface area contributed by atoms with E-state index in [4.69, 9.17) is 21.4 Å². The van der Waals surface area contributed by atoms with Crippen LogP contribution in [0.25, 0.3) is 0 Å². The van der Waals surface area contributed by atoms with Crippen LogP contribution in [0.5, 0.6) is 11.8 Å². The summed E-state index contributed by atoms with van der Waals surface area (Å²) in [5.74, 6) is -0.937. The maximum Gasteiger partial charge on any atom is 0.339 e. The van der Waals surface area contributed by atoms with E-state index >= 15 is 0 Å². The Morgan fingerprint density at radius 1 is 1.33 bits per heavy atom. The fraction of sp³-hybridized carbons (Fsp3) is 0. The highest BCUT2D eigenvalue weighted by Gasteiger charge is 2.13. The largest absolute Gasteiger partial charge is 0.478 e. The maximum atomic E-state index is 11.1. The van der Waals surface area contributed by atoms with Gasteiger partial charge >= 0.3 is 12.0 Å². The van der Waals surface area contributed by atoms with Gasteiger partial charge in [0.15, 0.2) is 0 Å². The zero-order chi connectivity index (χ0) is 13.1. The lowest BCUT2D eigenvalue weighted by Gasteiger charge is -2.07. The Morgan fingerprint density at radius 3 is 2.61 bits per heavy atom. The Labute approximate surface area is 116 Å². The van der Waals surface area contributed by atoms with Gasteiger partial charge in [-0.05, 0) is 18.2 Å². The Kier molecular flexibility index (Phi) is 3.78. The molecule has 7 heteroatoms. The van der Waals surface area contributed by atoms with Gasteiger partial charge in [0, 0.05) is 4.47 Å². The Hall–Kier alpha value is -1.66. The molecule has 0 aliphatic heterocycles. The molecular weight excluding hydrogens is 323 g/mol. The van der Waals surface area contributed by atoms with Gasteiger partial charge in [-0.15, -0.1) is 0 Å². The molecule has 1 N–H and O–H groups in total. The maximum absolute atomic E-state index is 11.1. The molecule has 0 amide bonds. The molecule has 18 heavy (non-hydrogen) atoms. The molecule has 1 aromatic heterocycles. The number of aromatic carboxylic acids is 1. The lowest BCUT2D eigenvalue weighted by atomic mass is 10.2. The van der Waals surface area contributed by atoms with Crippen LogP contribution in [0, 0.1) is 0 Å². The number of aromatic nitrogens is 2. The summed E-state index contributed by atoms with van der Waals surface area (Å²) in [6.07, 6.45) is 2.73. The average Bonchev–Trinajstić information content (AvgIpc) is 2.34. The molecule has 0 radical (unpaired) electrons. The molecule has 1 aromatic carbocycles. The van der Waals surface area contributed by atoms with Gasteiger partial charge in [0.05, 0.1) is 17.4 Å². The quantitative estimate of drug-likeness (QED) is 0.934. The highest BCUT2D eigenvalue weighted by atomic mass is 79.9. The molecule has 5 nitrogen and oxygen atoms in total. The fourth-order valence-electron chi connectivity index (χ4n) is 1.21. The SMILES string of the molecule is O=C(O)c1cc(Br)ccc1Oc1ncc(Cl)cn1. The van der Waals surface area contributed by atoms with Crippen molar-refractivity contribution in [2.24, 2.45) is 0 Å². The number of carbonyl (C=O) groups is 1. The number of benzene rings is 1. The predicted molar refractivity (Wildman–Crippen MR) is 68.2 cm³/mol. The molecule has 2 aromatic rings. The smallest absolute Gasteiger partial charge is 0.339 e. The molecule has 0 unspecified atom stereocenters. The number of carboxylic acid groups (broad SMARTS) is 1. The van der Waals surface area contributed by atoms with Gasteiger partial charge < -0.3 is 9.84 Å². The summed E-state index contributed by atoms with van der Waals surface area (Å²) in [6, 6.07) is 4.65. The topological polar surface area (TPSA) is 72.3 Å². The van der Waals surface area contributed by atoms with E-state index in [2.05, 4.69) is 25.9 Å². The minimum Gasteiger partial charge on any atom is -0.478 e. The van der Waals surface area contributed by atoms with Gasteiger partial charge in [0.1, 0.15) is 11.3 Å². The van der Waals surface area contributed by atoms with Gasteiger partial charge in [-0.3, -0.25) is 0 Å². The third-order valence-electron chi connectivity index (χ3n) is 1.97. The van der Waals surface area contributed by atoms with Crippen LogP contribution >= 0.6 is 27.5 Å². The van der Waals surface area contributed by atoms with E-state index in [1.165, 1.54) is 24.5 Å². The minimum absolute atomic E-state index is 0.0166. The van der Waals surface area contributed by atoms with E-state index in [9.17, 15) is 4.79 Å².